The number of ether oxygens (including phenoxy) is 7. The molecule has 3 fully saturated rings. The van der Waals surface area contributed by atoms with Gasteiger partial charge in [0.15, 0.2) is 14.6 Å². The fraction of sp³-hybridized carbons (Fsp3) is 0.565. The van der Waals surface area contributed by atoms with Gasteiger partial charge in [-0.1, -0.05) is 112 Å². The van der Waals surface area contributed by atoms with E-state index in [1.807, 2.05) is 42.5 Å². The van der Waals surface area contributed by atoms with Crippen LogP contribution in [0.15, 0.2) is 103 Å². The summed E-state index contributed by atoms with van der Waals surface area (Å²) in [5, 5.41) is 0.0369. The second-order valence-electron chi connectivity index (χ2n) is 17.5. The summed E-state index contributed by atoms with van der Waals surface area (Å²) in [5.41, 5.74) is 2.61. The van der Waals surface area contributed by atoms with Crippen molar-refractivity contribution in [1.29, 1.82) is 0 Å². The smallest absolute Gasteiger partial charge is 0.192 e. The minimum absolute atomic E-state index is 0.0369. The van der Waals surface area contributed by atoms with E-state index in [2.05, 4.69) is 95.4 Å². The van der Waals surface area contributed by atoms with E-state index in [4.69, 9.17) is 37.6 Å². The Kier molecular flexibility index (Phi) is 13.0. The van der Waals surface area contributed by atoms with E-state index < -0.39 is 13.9 Å². The van der Waals surface area contributed by atoms with Crippen molar-refractivity contribution in [1.82, 2.24) is 0 Å². The molecule has 9 heteroatoms. The lowest BCUT2D eigenvalue weighted by molar-refractivity contribution is -0.270. The molecule has 0 unspecified atom stereocenters. The Balaban J connectivity index is 1.09. The molecule has 0 aromatic heterocycles. The normalized spacial score (nSPS) is 31.6. The third-order valence-corrected chi connectivity index (χ3v) is 16.8. The topological polar surface area (TPSA) is 73.8 Å². The summed E-state index contributed by atoms with van der Waals surface area (Å²) in [6, 6.07) is 30.8. The molecule has 298 valence electrons. The Hall–Kier alpha value is -2.86. The van der Waals surface area contributed by atoms with E-state index in [-0.39, 0.29) is 54.1 Å². The van der Waals surface area contributed by atoms with Crippen LogP contribution in [0, 0.1) is 0 Å². The molecule has 4 heterocycles. The van der Waals surface area contributed by atoms with Crippen LogP contribution in [-0.4, -0.2) is 69.9 Å². The van der Waals surface area contributed by atoms with Crippen molar-refractivity contribution >= 4 is 8.32 Å². The van der Waals surface area contributed by atoms with Crippen LogP contribution in [0.4, 0.5) is 0 Å². The highest BCUT2D eigenvalue weighted by Gasteiger charge is 2.50. The summed E-state index contributed by atoms with van der Waals surface area (Å²) < 4.78 is 54.1. The van der Waals surface area contributed by atoms with E-state index in [1.54, 1.807) is 0 Å². The molecule has 9 atom stereocenters. The van der Waals surface area contributed by atoms with Crippen LogP contribution in [0.1, 0.15) is 89.2 Å². The summed E-state index contributed by atoms with van der Waals surface area (Å²) >= 11 is 0. The predicted molar refractivity (Wildman–Crippen MR) is 216 cm³/mol. The standard InChI is InChI=1S/C46H62O8Si/c1-45(2,3)55(5,6)54-43-27-26-37(48-30-34-18-12-8-13-19-34)42(31-47-29-33-16-10-7-11-17-33)53-46(43,4)28-36-22-23-39-38(50-36)24-25-40-41(51-39)32-49-44(52-40)35-20-14-9-15-21-35/h7-22,37-44H,23-32H2,1-6H3/t37-,38-,39+,40+,41-,42+,43+,44-,46-/m1/s1. The maximum Gasteiger partial charge on any atom is 0.192 e. The van der Waals surface area contributed by atoms with Gasteiger partial charge < -0.3 is 37.6 Å². The average molecular weight is 771 g/mol. The van der Waals surface area contributed by atoms with Crippen LogP contribution < -0.4 is 0 Å². The van der Waals surface area contributed by atoms with Gasteiger partial charge in [0, 0.05) is 12.0 Å². The van der Waals surface area contributed by atoms with Gasteiger partial charge in [-0.3, -0.25) is 0 Å². The summed E-state index contributed by atoms with van der Waals surface area (Å²) in [6.45, 7) is 15.7. The fourth-order valence-electron chi connectivity index (χ4n) is 8.01. The highest BCUT2D eigenvalue weighted by atomic mass is 28.4. The van der Waals surface area contributed by atoms with Crippen molar-refractivity contribution in [3.8, 4) is 0 Å². The van der Waals surface area contributed by atoms with E-state index in [0.717, 1.165) is 54.6 Å². The molecule has 0 bridgehead atoms. The average Bonchev–Trinajstić information content (AvgIpc) is 3.43. The lowest BCUT2D eigenvalue weighted by atomic mass is 9.89. The van der Waals surface area contributed by atoms with Gasteiger partial charge in [0.2, 0.25) is 0 Å². The molecule has 0 radical (unpaired) electrons. The van der Waals surface area contributed by atoms with E-state index in [0.29, 0.717) is 32.8 Å². The Labute approximate surface area is 329 Å². The molecule has 0 N–H and O–H groups in total. The van der Waals surface area contributed by atoms with Crippen molar-refractivity contribution in [3.63, 3.8) is 0 Å². The monoisotopic (exact) mass is 770 g/mol. The SMILES string of the molecule is CC(C)(C)[Si](C)(C)O[C@H]1CC[C@@H](OCc2ccccc2)[C@H](COCc2ccccc2)O[C@]1(C)CC1=CC[C@@H]2O[C@@H]3CO[C@@H](c4ccccc4)O[C@H]3CC[C@H]2O1. The quantitative estimate of drug-likeness (QED) is 0.169. The summed E-state index contributed by atoms with van der Waals surface area (Å²) in [4.78, 5) is 0. The third kappa shape index (κ3) is 10.2. The summed E-state index contributed by atoms with van der Waals surface area (Å²) in [7, 11) is -2.19. The van der Waals surface area contributed by atoms with Crippen LogP contribution >= 0.6 is 0 Å². The number of hydrogen-bond acceptors (Lipinski definition) is 8. The van der Waals surface area contributed by atoms with Gasteiger partial charge in [-0.15, -0.1) is 0 Å². The molecule has 3 aromatic carbocycles. The molecular weight excluding hydrogens is 709 g/mol. The van der Waals surface area contributed by atoms with Crippen LogP contribution in [-0.2, 0) is 50.8 Å². The predicted octanol–water partition coefficient (Wildman–Crippen LogP) is 9.84. The van der Waals surface area contributed by atoms with E-state index >= 15 is 0 Å². The lowest BCUT2D eigenvalue weighted by Crippen LogP contribution is -2.53. The van der Waals surface area contributed by atoms with Gasteiger partial charge in [-0.2, -0.15) is 0 Å². The van der Waals surface area contributed by atoms with Crippen molar-refractivity contribution in [2.75, 3.05) is 13.2 Å². The number of hydrogen-bond donors (Lipinski definition) is 0. The molecule has 0 amide bonds. The molecule has 3 saturated heterocycles. The molecule has 3 aromatic rings. The van der Waals surface area contributed by atoms with Crippen LogP contribution in [0.3, 0.4) is 0 Å². The minimum Gasteiger partial charge on any atom is -0.492 e. The Morgan fingerprint density at radius 3 is 2.09 bits per heavy atom. The van der Waals surface area contributed by atoms with Crippen molar-refractivity contribution < 1.29 is 37.6 Å². The molecule has 8 nitrogen and oxygen atoms in total. The van der Waals surface area contributed by atoms with Gasteiger partial charge in [0.1, 0.15) is 18.3 Å². The van der Waals surface area contributed by atoms with Gasteiger partial charge >= 0.3 is 0 Å². The third-order valence-electron chi connectivity index (χ3n) is 12.3. The summed E-state index contributed by atoms with van der Waals surface area (Å²) in [5.74, 6) is 0.938. The van der Waals surface area contributed by atoms with Crippen LogP contribution in [0.25, 0.3) is 0 Å². The van der Waals surface area contributed by atoms with Crippen molar-refractivity contribution in [2.45, 2.75) is 152 Å². The molecule has 7 rings (SSSR count). The van der Waals surface area contributed by atoms with E-state index in [1.165, 1.54) is 0 Å². The van der Waals surface area contributed by atoms with Gasteiger partial charge in [0.25, 0.3) is 0 Å². The van der Waals surface area contributed by atoms with E-state index in [9.17, 15) is 0 Å². The molecular formula is C46H62O8Si. The number of rotatable bonds is 12. The van der Waals surface area contributed by atoms with Crippen LogP contribution in [0.2, 0.25) is 18.1 Å². The largest absolute Gasteiger partial charge is 0.492 e. The molecule has 4 aliphatic rings. The lowest BCUT2D eigenvalue weighted by Gasteiger charge is -2.46. The first-order valence-electron chi connectivity index (χ1n) is 20.4. The van der Waals surface area contributed by atoms with Crippen molar-refractivity contribution in [2.24, 2.45) is 0 Å². The maximum atomic E-state index is 7.36. The van der Waals surface area contributed by atoms with Crippen LogP contribution in [0.5, 0.6) is 0 Å². The molecule has 0 saturated carbocycles. The fourth-order valence-corrected chi connectivity index (χ4v) is 9.44. The Bertz CT molecular complexity index is 1660. The second-order valence-corrected chi connectivity index (χ2v) is 22.3. The molecule has 0 aliphatic carbocycles. The minimum atomic E-state index is -2.19. The number of fused-ring (bicyclic) bond motifs is 2. The zero-order valence-electron chi connectivity index (χ0n) is 33.7. The Morgan fingerprint density at radius 1 is 0.745 bits per heavy atom. The molecule has 0 spiro atoms. The number of benzene rings is 3. The highest BCUT2D eigenvalue weighted by Crippen LogP contribution is 2.45. The first-order valence-corrected chi connectivity index (χ1v) is 23.3. The van der Waals surface area contributed by atoms with Gasteiger partial charge in [-0.05, 0) is 74.4 Å². The second kappa shape index (κ2) is 17.7. The summed E-state index contributed by atoms with van der Waals surface area (Å²) in [6.07, 6.45) is 5.54. The first kappa shape index (κ1) is 40.3. The Morgan fingerprint density at radius 2 is 1.40 bits per heavy atom. The zero-order chi connectivity index (χ0) is 38.5. The first-order chi connectivity index (χ1) is 26.5. The zero-order valence-corrected chi connectivity index (χ0v) is 34.7. The molecule has 4 aliphatic heterocycles. The maximum absolute atomic E-state index is 7.36. The highest BCUT2D eigenvalue weighted by molar-refractivity contribution is 6.74. The van der Waals surface area contributed by atoms with Gasteiger partial charge in [0.05, 0.1) is 62.2 Å². The van der Waals surface area contributed by atoms with Gasteiger partial charge in [-0.25, -0.2) is 0 Å². The molecule has 55 heavy (non-hydrogen) atoms. The van der Waals surface area contributed by atoms with Crippen molar-refractivity contribution in [3.05, 3.63) is 120 Å².